The van der Waals surface area contributed by atoms with Crippen molar-refractivity contribution in [3.05, 3.63) is 65.2 Å². The van der Waals surface area contributed by atoms with E-state index in [4.69, 9.17) is 9.15 Å². The Bertz CT molecular complexity index is 789. The minimum absolute atomic E-state index is 0.0240. The highest BCUT2D eigenvalue weighted by molar-refractivity contribution is 6.05. The van der Waals surface area contributed by atoms with E-state index in [2.05, 4.69) is 10.6 Å². The van der Waals surface area contributed by atoms with Gasteiger partial charge in [0.25, 0.3) is 11.8 Å². The van der Waals surface area contributed by atoms with Crippen LogP contribution in [0.2, 0.25) is 0 Å². The molecule has 2 heterocycles. The maximum atomic E-state index is 12.6. The third-order valence-corrected chi connectivity index (χ3v) is 4.09. The third kappa shape index (κ3) is 4.83. The molecule has 6 nitrogen and oxygen atoms in total. The highest BCUT2D eigenvalue weighted by atomic mass is 16.5. The Balaban J connectivity index is 1.73. The summed E-state index contributed by atoms with van der Waals surface area (Å²) in [5.41, 5.74) is 0.604. The van der Waals surface area contributed by atoms with Gasteiger partial charge in [0.2, 0.25) is 0 Å². The monoisotopic (exact) mass is 354 g/mol. The molecule has 0 aliphatic carbocycles. The lowest BCUT2D eigenvalue weighted by Crippen LogP contribution is -2.38. The molecule has 2 aromatic rings. The van der Waals surface area contributed by atoms with E-state index in [0.717, 1.165) is 25.2 Å². The predicted molar refractivity (Wildman–Crippen MR) is 97.3 cm³/mol. The first-order chi connectivity index (χ1) is 12.6. The fourth-order valence-corrected chi connectivity index (χ4v) is 2.72. The molecule has 1 aliphatic heterocycles. The van der Waals surface area contributed by atoms with E-state index in [1.54, 1.807) is 36.4 Å². The van der Waals surface area contributed by atoms with Crippen LogP contribution in [-0.4, -0.2) is 31.1 Å². The minimum atomic E-state index is -0.376. The van der Waals surface area contributed by atoms with Gasteiger partial charge in [-0.15, -0.1) is 0 Å². The van der Waals surface area contributed by atoms with Crippen LogP contribution in [0.3, 0.4) is 0 Å². The second-order valence-corrected chi connectivity index (χ2v) is 6.17. The molecule has 0 saturated carbocycles. The summed E-state index contributed by atoms with van der Waals surface area (Å²) in [5, 5.41) is 5.50. The lowest BCUT2D eigenvalue weighted by atomic mass is 10.2. The summed E-state index contributed by atoms with van der Waals surface area (Å²) in [7, 11) is 0. The normalized spacial score (nSPS) is 17.1. The number of hydrogen-bond acceptors (Lipinski definition) is 4. The second-order valence-electron chi connectivity index (χ2n) is 6.17. The van der Waals surface area contributed by atoms with Crippen molar-refractivity contribution in [3.63, 3.8) is 0 Å². The first-order valence-electron chi connectivity index (χ1n) is 8.66. The molecule has 1 aromatic carbocycles. The largest absolute Gasteiger partial charge is 0.462 e. The maximum absolute atomic E-state index is 12.6. The summed E-state index contributed by atoms with van der Waals surface area (Å²) < 4.78 is 11.0. The van der Waals surface area contributed by atoms with Gasteiger partial charge in [0, 0.05) is 24.8 Å². The second kappa shape index (κ2) is 8.49. The third-order valence-electron chi connectivity index (χ3n) is 4.09. The van der Waals surface area contributed by atoms with Crippen molar-refractivity contribution in [2.45, 2.75) is 25.9 Å². The number of carbonyl (C=O) groups is 2. The van der Waals surface area contributed by atoms with Crippen molar-refractivity contribution in [2.75, 3.05) is 13.2 Å². The number of nitrogens with one attached hydrogen (secondary N) is 2. The lowest BCUT2D eigenvalue weighted by molar-refractivity contribution is -0.118. The standard InChI is InChI=1S/C20H22N2O4/c1-14-9-10-16(26-14)12-18(20(24)21-13-17-8-5-11-25-17)22-19(23)15-6-3-2-4-7-15/h2-4,6-7,9-10,12,17H,5,8,11,13H2,1H3,(H,21,24)(H,22,23)/b18-12+/t17-/m0/s1. The number of amides is 2. The van der Waals surface area contributed by atoms with E-state index < -0.39 is 0 Å². The lowest BCUT2D eigenvalue weighted by Gasteiger charge is -2.13. The summed E-state index contributed by atoms with van der Waals surface area (Å²) in [6.45, 7) is 2.95. The molecule has 3 rings (SSSR count). The van der Waals surface area contributed by atoms with Gasteiger partial charge < -0.3 is 19.8 Å². The van der Waals surface area contributed by atoms with Crippen LogP contribution in [0, 0.1) is 6.92 Å². The zero-order valence-corrected chi connectivity index (χ0v) is 14.7. The van der Waals surface area contributed by atoms with Crippen molar-refractivity contribution >= 4 is 17.9 Å². The Labute approximate surface area is 152 Å². The molecular formula is C20H22N2O4. The molecule has 0 spiro atoms. The molecule has 2 N–H and O–H groups in total. The molecule has 1 aromatic heterocycles. The molecule has 1 atom stereocenters. The van der Waals surface area contributed by atoms with Crippen LogP contribution in [0.25, 0.3) is 6.08 Å². The fourth-order valence-electron chi connectivity index (χ4n) is 2.72. The molecular weight excluding hydrogens is 332 g/mol. The van der Waals surface area contributed by atoms with Gasteiger partial charge in [0.05, 0.1) is 6.10 Å². The number of aryl methyl sites for hydroxylation is 1. The fraction of sp³-hybridized carbons (Fsp3) is 0.300. The molecule has 26 heavy (non-hydrogen) atoms. The van der Waals surface area contributed by atoms with Crippen LogP contribution >= 0.6 is 0 Å². The minimum Gasteiger partial charge on any atom is -0.462 e. The number of ether oxygens (including phenoxy) is 1. The van der Waals surface area contributed by atoms with Crippen LogP contribution in [0.5, 0.6) is 0 Å². The summed E-state index contributed by atoms with van der Waals surface area (Å²) in [4.78, 5) is 25.0. The Morgan fingerprint density at radius 3 is 2.65 bits per heavy atom. The Kier molecular flexibility index (Phi) is 5.86. The number of carbonyl (C=O) groups excluding carboxylic acids is 2. The van der Waals surface area contributed by atoms with E-state index in [1.165, 1.54) is 6.08 Å². The first kappa shape index (κ1) is 17.9. The maximum Gasteiger partial charge on any atom is 0.268 e. The van der Waals surface area contributed by atoms with Crippen LogP contribution in [0.15, 0.2) is 52.6 Å². The average molecular weight is 354 g/mol. The number of furan rings is 1. The van der Waals surface area contributed by atoms with Crippen LogP contribution in [0.1, 0.15) is 34.7 Å². The molecule has 0 radical (unpaired) electrons. The topological polar surface area (TPSA) is 80.6 Å². The van der Waals surface area contributed by atoms with Gasteiger partial charge in [-0.25, -0.2) is 0 Å². The summed E-state index contributed by atoms with van der Waals surface area (Å²) in [6.07, 6.45) is 3.47. The summed E-state index contributed by atoms with van der Waals surface area (Å²) >= 11 is 0. The van der Waals surface area contributed by atoms with Crippen molar-refractivity contribution in [1.82, 2.24) is 10.6 Å². The summed E-state index contributed by atoms with van der Waals surface area (Å²) in [6, 6.07) is 12.3. The van der Waals surface area contributed by atoms with Gasteiger partial charge in [-0.1, -0.05) is 18.2 Å². The number of hydrogen-bond donors (Lipinski definition) is 2. The SMILES string of the molecule is Cc1ccc(/C=C(/NC(=O)c2ccccc2)C(=O)NC[C@@H]2CCCO2)o1. The Hall–Kier alpha value is -2.86. The zero-order chi connectivity index (χ0) is 18.4. The Morgan fingerprint density at radius 2 is 2.00 bits per heavy atom. The Morgan fingerprint density at radius 1 is 1.19 bits per heavy atom. The van der Waals surface area contributed by atoms with Gasteiger partial charge in [0.15, 0.2) is 0 Å². The van der Waals surface area contributed by atoms with E-state index >= 15 is 0 Å². The van der Waals surface area contributed by atoms with E-state index in [1.807, 2.05) is 13.0 Å². The smallest absolute Gasteiger partial charge is 0.268 e. The van der Waals surface area contributed by atoms with Crippen LogP contribution < -0.4 is 10.6 Å². The van der Waals surface area contributed by atoms with E-state index in [9.17, 15) is 9.59 Å². The number of rotatable bonds is 6. The van der Waals surface area contributed by atoms with Crippen molar-refractivity contribution in [2.24, 2.45) is 0 Å². The molecule has 1 fully saturated rings. The van der Waals surface area contributed by atoms with Crippen molar-refractivity contribution in [1.29, 1.82) is 0 Å². The molecule has 6 heteroatoms. The van der Waals surface area contributed by atoms with Gasteiger partial charge >= 0.3 is 0 Å². The molecule has 1 aliphatic rings. The van der Waals surface area contributed by atoms with Crippen LogP contribution in [-0.2, 0) is 9.53 Å². The molecule has 0 bridgehead atoms. The van der Waals surface area contributed by atoms with Gasteiger partial charge in [0.1, 0.15) is 17.2 Å². The molecule has 1 saturated heterocycles. The van der Waals surface area contributed by atoms with Gasteiger partial charge in [-0.3, -0.25) is 9.59 Å². The molecule has 136 valence electrons. The number of benzene rings is 1. The van der Waals surface area contributed by atoms with E-state index in [-0.39, 0.29) is 23.6 Å². The highest BCUT2D eigenvalue weighted by Crippen LogP contribution is 2.13. The van der Waals surface area contributed by atoms with Gasteiger partial charge in [-0.05, 0) is 44.0 Å². The highest BCUT2D eigenvalue weighted by Gasteiger charge is 2.19. The molecule has 0 unspecified atom stereocenters. The zero-order valence-electron chi connectivity index (χ0n) is 14.7. The van der Waals surface area contributed by atoms with E-state index in [0.29, 0.717) is 17.9 Å². The van der Waals surface area contributed by atoms with Crippen molar-refractivity contribution in [3.8, 4) is 0 Å². The first-order valence-corrected chi connectivity index (χ1v) is 8.66. The predicted octanol–water partition coefficient (Wildman–Crippen LogP) is 2.65. The van der Waals surface area contributed by atoms with Crippen molar-refractivity contribution < 1.29 is 18.7 Å². The molecule has 2 amide bonds. The van der Waals surface area contributed by atoms with Gasteiger partial charge in [-0.2, -0.15) is 0 Å². The quantitative estimate of drug-likeness (QED) is 0.782. The summed E-state index contributed by atoms with van der Waals surface area (Å²) in [5.74, 6) is 0.495. The average Bonchev–Trinajstić information content (AvgIpc) is 3.31. The van der Waals surface area contributed by atoms with Crippen LogP contribution in [0.4, 0.5) is 0 Å².